The van der Waals surface area contributed by atoms with Gasteiger partial charge in [0.2, 0.25) is 0 Å². The molecular formula is C13H16ClN3. The summed E-state index contributed by atoms with van der Waals surface area (Å²) < 4.78 is 1.92. The Kier molecular flexibility index (Phi) is 3.69. The topological polar surface area (TPSA) is 29.9 Å². The van der Waals surface area contributed by atoms with Crippen LogP contribution >= 0.6 is 11.6 Å². The lowest BCUT2D eigenvalue weighted by Gasteiger charge is -2.13. The first kappa shape index (κ1) is 12.0. The van der Waals surface area contributed by atoms with Gasteiger partial charge in [0.15, 0.2) is 0 Å². The molecule has 17 heavy (non-hydrogen) atoms. The zero-order chi connectivity index (χ0) is 12.3. The molecule has 2 aromatic rings. The molecule has 0 aliphatic heterocycles. The molecule has 0 fully saturated rings. The first-order chi connectivity index (χ1) is 8.19. The van der Waals surface area contributed by atoms with Gasteiger partial charge in [-0.1, -0.05) is 17.7 Å². The molecule has 1 aromatic carbocycles. The number of aromatic nitrogens is 2. The van der Waals surface area contributed by atoms with E-state index in [2.05, 4.69) is 30.5 Å². The lowest BCUT2D eigenvalue weighted by Crippen LogP contribution is -2.05. The lowest BCUT2D eigenvalue weighted by molar-refractivity contribution is 0.658. The van der Waals surface area contributed by atoms with E-state index >= 15 is 0 Å². The summed E-state index contributed by atoms with van der Waals surface area (Å²) in [5, 5.41) is 8.41. The highest BCUT2D eigenvalue weighted by Gasteiger charge is 2.07. The van der Waals surface area contributed by atoms with Crippen molar-refractivity contribution in [2.75, 3.05) is 5.32 Å². The summed E-state index contributed by atoms with van der Waals surface area (Å²) in [6.07, 6.45) is 3.95. The fourth-order valence-corrected chi connectivity index (χ4v) is 1.88. The van der Waals surface area contributed by atoms with E-state index in [-0.39, 0.29) is 6.04 Å². The summed E-state index contributed by atoms with van der Waals surface area (Å²) in [6.45, 7) is 5.08. The van der Waals surface area contributed by atoms with Gasteiger partial charge in [-0.25, -0.2) is 0 Å². The molecule has 0 radical (unpaired) electrons. The third kappa shape index (κ3) is 3.01. The molecule has 4 heteroatoms. The molecular weight excluding hydrogens is 234 g/mol. The molecule has 1 aromatic heterocycles. The fraction of sp³-hybridized carbons (Fsp3) is 0.308. The van der Waals surface area contributed by atoms with Crippen LogP contribution in [-0.4, -0.2) is 9.78 Å². The van der Waals surface area contributed by atoms with Crippen molar-refractivity contribution in [1.29, 1.82) is 0 Å². The van der Waals surface area contributed by atoms with E-state index < -0.39 is 0 Å². The van der Waals surface area contributed by atoms with Crippen molar-refractivity contribution < 1.29 is 0 Å². The van der Waals surface area contributed by atoms with Crippen molar-refractivity contribution in [3.8, 4) is 0 Å². The van der Waals surface area contributed by atoms with Crippen LogP contribution in [0.15, 0.2) is 36.7 Å². The molecule has 1 atom stereocenters. The van der Waals surface area contributed by atoms with E-state index in [1.807, 2.05) is 35.1 Å². The Morgan fingerprint density at radius 1 is 1.47 bits per heavy atom. The summed E-state index contributed by atoms with van der Waals surface area (Å²) in [6, 6.07) is 7.95. The molecule has 1 heterocycles. The predicted molar refractivity (Wildman–Crippen MR) is 71.4 cm³/mol. The maximum absolute atomic E-state index is 5.94. The second-order valence-electron chi connectivity index (χ2n) is 4.01. The number of nitrogens with zero attached hydrogens (tertiary/aromatic N) is 2. The second kappa shape index (κ2) is 5.23. The molecule has 0 aliphatic rings. The Hall–Kier alpha value is -1.48. The highest BCUT2D eigenvalue weighted by molar-refractivity contribution is 6.30. The minimum atomic E-state index is 0.216. The van der Waals surface area contributed by atoms with Crippen LogP contribution in [0, 0.1) is 0 Å². The fourth-order valence-electron chi connectivity index (χ4n) is 1.69. The summed E-state index contributed by atoms with van der Waals surface area (Å²) in [5.74, 6) is 0. The zero-order valence-corrected chi connectivity index (χ0v) is 10.8. The van der Waals surface area contributed by atoms with E-state index in [1.165, 1.54) is 5.56 Å². The third-order valence-corrected chi connectivity index (χ3v) is 2.92. The van der Waals surface area contributed by atoms with Gasteiger partial charge >= 0.3 is 0 Å². The van der Waals surface area contributed by atoms with Crippen molar-refractivity contribution >= 4 is 17.3 Å². The van der Waals surface area contributed by atoms with E-state index in [0.29, 0.717) is 0 Å². The van der Waals surface area contributed by atoms with Gasteiger partial charge in [-0.05, 0) is 32.0 Å². The van der Waals surface area contributed by atoms with Crippen molar-refractivity contribution in [3.63, 3.8) is 0 Å². The van der Waals surface area contributed by atoms with E-state index in [9.17, 15) is 0 Å². The van der Waals surface area contributed by atoms with Gasteiger partial charge in [-0.15, -0.1) is 0 Å². The SMILES string of the molecule is CCn1cc(C(C)Nc2cccc(Cl)c2)cn1. The largest absolute Gasteiger partial charge is 0.378 e. The van der Waals surface area contributed by atoms with Crippen molar-refractivity contribution in [2.24, 2.45) is 0 Å². The van der Waals surface area contributed by atoms with Gasteiger partial charge < -0.3 is 5.32 Å². The van der Waals surface area contributed by atoms with Crippen molar-refractivity contribution in [3.05, 3.63) is 47.2 Å². The molecule has 0 aliphatic carbocycles. The zero-order valence-electron chi connectivity index (χ0n) is 10.0. The van der Waals surface area contributed by atoms with E-state index in [4.69, 9.17) is 11.6 Å². The standard InChI is InChI=1S/C13H16ClN3/c1-3-17-9-11(8-15-17)10(2)16-13-6-4-5-12(14)7-13/h4-10,16H,3H2,1-2H3. The van der Waals surface area contributed by atoms with Crippen LogP contribution in [0.1, 0.15) is 25.5 Å². The first-order valence-electron chi connectivity index (χ1n) is 5.73. The van der Waals surface area contributed by atoms with Crippen LogP contribution in [0.5, 0.6) is 0 Å². The molecule has 1 unspecified atom stereocenters. The molecule has 0 saturated heterocycles. The smallest absolute Gasteiger partial charge is 0.0542 e. The number of nitrogens with one attached hydrogen (secondary N) is 1. The van der Waals surface area contributed by atoms with Gasteiger partial charge in [0.1, 0.15) is 0 Å². The Labute approximate surface area is 106 Å². The van der Waals surface area contributed by atoms with Crippen LogP contribution in [0.25, 0.3) is 0 Å². The molecule has 0 spiro atoms. The molecule has 1 N–H and O–H groups in total. The third-order valence-electron chi connectivity index (χ3n) is 2.69. The van der Waals surface area contributed by atoms with Crippen LogP contribution in [0.3, 0.4) is 0 Å². The number of hydrogen-bond donors (Lipinski definition) is 1. The molecule has 0 saturated carbocycles. The average molecular weight is 250 g/mol. The van der Waals surface area contributed by atoms with Crippen molar-refractivity contribution in [1.82, 2.24) is 9.78 Å². The number of hydrogen-bond acceptors (Lipinski definition) is 2. The maximum atomic E-state index is 5.94. The van der Waals surface area contributed by atoms with Gasteiger partial charge in [-0.3, -0.25) is 4.68 Å². The molecule has 0 amide bonds. The summed E-state index contributed by atoms with van der Waals surface area (Å²) in [4.78, 5) is 0. The Bertz CT molecular complexity index is 493. The Morgan fingerprint density at radius 2 is 2.29 bits per heavy atom. The molecule has 90 valence electrons. The van der Waals surface area contributed by atoms with Gasteiger partial charge in [0.05, 0.1) is 12.2 Å². The van der Waals surface area contributed by atoms with E-state index in [1.54, 1.807) is 0 Å². The summed E-state index contributed by atoms with van der Waals surface area (Å²) >= 11 is 5.94. The monoisotopic (exact) mass is 249 g/mol. The number of benzene rings is 1. The van der Waals surface area contributed by atoms with Gasteiger partial charge in [-0.2, -0.15) is 5.10 Å². The molecule has 3 nitrogen and oxygen atoms in total. The minimum Gasteiger partial charge on any atom is -0.378 e. The van der Waals surface area contributed by atoms with Crippen LogP contribution in [0.4, 0.5) is 5.69 Å². The Morgan fingerprint density at radius 3 is 2.94 bits per heavy atom. The molecule has 0 bridgehead atoms. The quantitative estimate of drug-likeness (QED) is 0.895. The van der Waals surface area contributed by atoms with Crippen LogP contribution in [-0.2, 0) is 6.54 Å². The van der Waals surface area contributed by atoms with Crippen molar-refractivity contribution in [2.45, 2.75) is 26.4 Å². The first-order valence-corrected chi connectivity index (χ1v) is 6.11. The van der Waals surface area contributed by atoms with Gasteiger partial charge in [0, 0.05) is 29.0 Å². The number of halogens is 1. The summed E-state index contributed by atoms with van der Waals surface area (Å²) in [7, 11) is 0. The highest BCUT2D eigenvalue weighted by atomic mass is 35.5. The lowest BCUT2D eigenvalue weighted by atomic mass is 10.2. The average Bonchev–Trinajstić information content (AvgIpc) is 2.77. The normalized spacial score (nSPS) is 12.4. The Balaban J connectivity index is 2.08. The minimum absolute atomic E-state index is 0.216. The molecule has 2 rings (SSSR count). The number of rotatable bonds is 4. The number of aryl methyl sites for hydroxylation is 1. The maximum Gasteiger partial charge on any atom is 0.0542 e. The highest BCUT2D eigenvalue weighted by Crippen LogP contribution is 2.21. The van der Waals surface area contributed by atoms with E-state index in [0.717, 1.165) is 17.3 Å². The second-order valence-corrected chi connectivity index (χ2v) is 4.44. The summed E-state index contributed by atoms with van der Waals surface area (Å²) in [5.41, 5.74) is 2.20. The van der Waals surface area contributed by atoms with Crippen LogP contribution < -0.4 is 5.32 Å². The van der Waals surface area contributed by atoms with Gasteiger partial charge in [0.25, 0.3) is 0 Å². The predicted octanol–water partition coefficient (Wildman–Crippen LogP) is 3.73. The van der Waals surface area contributed by atoms with Crippen LogP contribution in [0.2, 0.25) is 5.02 Å². The number of anilines is 1.